The predicted octanol–water partition coefficient (Wildman–Crippen LogP) is 3.61. The monoisotopic (exact) mass is 363 g/mol. The second-order valence-corrected chi connectivity index (χ2v) is 8.72. The number of rotatable bonds is 3. The molecule has 1 aromatic heterocycles. The predicted molar refractivity (Wildman–Crippen MR) is 105 cm³/mol. The molecule has 5 rings (SSSR count). The van der Waals surface area contributed by atoms with E-state index < -0.39 is 6.10 Å². The van der Waals surface area contributed by atoms with E-state index in [9.17, 15) is 15.2 Å². The van der Waals surface area contributed by atoms with Crippen molar-refractivity contribution in [3.05, 3.63) is 39.7 Å². The maximum Gasteiger partial charge on any atom is 0.268 e. The van der Waals surface area contributed by atoms with Crippen molar-refractivity contribution in [2.24, 2.45) is 11.3 Å². The minimum atomic E-state index is -0.459. The maximum atomic E-state index is 12.5. The molecule has 1 spiro atoms. The third kappa shape index (κ3) is 2.74. The van der Waals surface area contributed by atoms with Gasteiger partial charge in [0.05, 0.1) is 17.3 Å². The highest BCUT2D eigenvalue weighted by Crippen LogP contribution is 2.50. The molecule has 2 N–H and O–H groups in total. The number of pyridine rings is 1. The standard InChI is InChI=1S/C22H25N3O2/c23-13-17-19(25-10-8-22(9-11-25)6-1-7-22)16-12-15(20(26)14-2-3-14)4-5-18(16)24-21(17)27/h4-5,12,14,20,26H,1-3,6-11H2,(H,24,27). The van der Waals surface area contributed by atoms with E-state index in [2.05, 4.69) is 16.0 Å². The molecular weight excluding hydrogens is 338 g/mol. The molecule has 3 fully saturated rings. The molecule has 0 radical (unpaired) electrons. The van der Waals surface area contributed by atoms with E-state index >= 15 is 0 Å². The summed E-state index contributed by atoms with van der Waals surface area (Å²) in [7, 11) is 0. The fourth-order valence-electron chi connectivity index (χ4n) is 4.98. The van der Waals surface area contributed by atoms with Gasteiger partial charge in [0.2, 0.25) is 0 Å². The number of benzene rings is 1. The van der Waals surface area contributed by atoms with Crippen molar-refractivity contribution >= 4 is 16.6 Å². The van der Waals surface area contributed by atoms with Crippen molar-refractivity contribution in [1.29, 1.82) is 5.26 Å². The molecule has 2 heterocycles. The van der Waals surface area contributed by atoms with Gasteiger partial charge in [-0.15, -0.1) is 0 Å². The summed E-state index contributed by atoms with van der Waals surface area (Å²) in [6.45, 7) is 1.78. The summed E-state index contributed by atoms with van der Waals surface area (Å²) < 4.78 is 0. The smallest absolute Gasteiger partial charge is 0.268 e. The number of aromatic amines is 1. The number of aliphatic hydroxyl groups excluding tert-OH is 1. The molecule has 5 nitrogen and oxygen atoms in total. The van der Waals surface area contributed by atoms with Crippen LogP contribution in [0.5, 0.6) is 0 Å². The van der Waals surface area contributed by atoms with Gasteiger partial charge in [-0.1, -0.05) is 12.5 Å². The van der Waals surface area contributed by atoms with Crippen LogP contribution >= 0.6 is 0 Å². The molecule has 140 valence electrons. The number of hydrogen-bond acceptors (Lipinski definition) is 4. The van der Waals surface area contributed by atoms with Crippen molar-refractivity contribution in [2.45, 2.75) is 51.0 Å². The van der Waals surface area contributed by atoms with E-state index in [4.69, 9.17) is 0 Å². The quantitative estimate of drug-likeness (QED) is 0.873. The molecule has 2 aromatic rings. The van der Waals surface area contributed by atoms with Gasteiger partial charge in [0.25, 0.3) is 5.56 Å². The summed E-state index contributed by atoms with van der Waals surface area (Å²) in [5, 5.41) is 21.1. The highest BCUT2D eigenvalue weighted by atomic mass is 16.3. The Labute approximate surface area is 158 Å². The lowest BCUT2D eigenvalue weighted by Crippen LogP contribution is -2.44. The first kappa shape index (κ1) is 16.8. The molecule has 1 saturated heterocycles. The van der Waals surface area contributed by atoms with Gasteiger partial charge < -0.3 is 15.0 Å². The zero-order valence-corrected chi connectivity index (χ0v) is 15.5. The van der Waals surface area contributed by atoms with Crippen LogP contribution in [0.2, 0.25) is 0 Å². The fraction of sp³-hybridized carbons (Fsp3) is 0.545. The van der Waals surface area contributed by atoms with Crippen molar-refractivity contribution in [3.63, 3.8) is 0 Å². The molecular formula is C22H25N3O2. The Bertz CT molecular complexity index is 985. The van der Waals surface area contributed by atoms with Gasteiger partial charge in [-0.05, 0) is 67.6 Å². The molecule has 1 aromatic carbocycles. The Balaban J connectivity index is 1.60. The van der Waals surface area contributed by atoms with E-state index in [1.807, 2.05) is 18.2 Å². The molecule has 5 heteroatoms. The van der Waals surface area contributed by atoms with Gasteiger partial charge in [0, 0.05) is 18.5 Å². The Kier molecular flexibility index (Phi) is 3.80. The Morgan fingerprint density at radius 3 is 2.56 bits per heavy atom. The van der Waals surface area contributed by atoms with Crippen LogP contribution in [0.4, 0.5) is 5.69 Å². The van der Waals surface area contributed by atoms with Gasteiger partial charge in [0.1, 0.15) is 11.6 Å². The summed E-state index contributed by atoms with van der Waals surface area (Å²) in [5.74, 6) is 0.345. The molecule has 27 heavy (non-hydrogen) atoms. The first-order valence-corrected chi connectivity index (χ1v) is 10.1. The van der Waals surface area contributed by atoms with Crippen molar-refractivity contribution in [2.75, 3.05) is 18.0 Å². The highest BCUT2D eigenvalue weighted by molar-refractivity contribution is 5.95. The lowest BCUT2D eigenvalue weighted by atomic mass is 9.63. The topological polar surface area (TPSA) is 80.1 Å². The average molecular weight is 363 g/mol. The molecule has 2 aliphatic carbocycles. The second kappa shape index (κ2) is 6.10. The summed E-state index contributed by atoms with van der Waals surface area (Å²) >= 11 is 0. The largest absolute Gasteiger partial charge is 0.388 e. The van der Waals surface area contributed by atoms with Gasteiger partial charge in [-0.2, -0.15) is 5.26 Å². The van der Waals surface area contributed by atoms with Crippen LogP contribution in [0.3, 0.4) is 0 Å². The number of nitrogens with one attached hydrogen (secondary N) is 1. The molecule has 3 aliphatic rings. The van der Waals surface area contributed by atoms with Gasteiger partial charge >= 0.3 is 0 Å². The number of aromatic nitrogens is 1. The number of aliphatic hydroxyl groups is 1. The highest BCUT2D eigenvalue weighted by Gasteiger charge is 2.40. The third-order valence-corrected chi connectivity index (χ3v) is 7.09. The zero-order valence-electron chi connectivity index (χ0n) is 15.5. The minimum absolute atomic E-state index is 0.199. The van der Waals surface area contributed by atoms with Gasteiger partial charge in [-0.3, -0.25) is 4.79 Å². The summed E-state index contributed by atoms with van der Waals surface area (Å²) in [5.41, 5.74) is 2.77. The second-order valence-electron chi connectivity index (χ2n) is 8.72. The first-order chi connectivity index (χ1) is 13.1. The van der Waals surface area contributed by atoms with Crippen LogP contribution in [0.1, 0.15) is 62.2 Å². The molecule has 2 saturated carbocycles. The lowest BCUT2D eigenvalue weighted by molar-refractivity contribution is 0.0956. The van der Waals surface area contributed by atoms with Crippen LogP contribution in [-0.4, -0.2) is 23.2 Å². The summed E-state index contributed by atoms with van der Waals surface area (Å²) in [6, 6.07) is 7.90. The number of hydrogen-bond donors (Lipinski definition) is 2. The van der Waals surface area contributed by atoms with Crippen molar-refractivity contribution < 1.29 is 5.11 Å². The van der Waals surface area contributed by atoms with Gasteiger partial charge in [-0.25, -0.2) is 0 Å². The van der Waals surface area contributed by atoms with Crippen LogP contribution in [0.25, 0.3) is 10.9 Å². The maximum absolute atomic E-state index is 12.5. The lowest BCUT2D eigenvalue weighted by Gasteiger charge is -2.48. The minimum Gasteiger partial charge on any atom is -0.388 e. The van der Waals surface area contributed by atoms with Crippen LogP contribution in [-0.2, 0) is 0 Å². The van der Waals surface area contributed by atoms with E-state index in [1.54, 1.807) is 0 Å². The van der Waals surface area contributed by atoms with E-state index in [0.717, 1.165) is 60.9 Å². The van der Waals surface area contributed by atoms with Crippen molar-refractivity contribution in [1.82, 2.24) is 4.98 Å². The third-order valence-electron chi connectivity index (χ3n) is 7.09. The number of H-pyrrole nitrogens is 1. The molecule has 1 atom stereocenters. The number of anilines is 1. The summed E-state index contributed by atoms with van der Waals surface area (Å²) in [6.07, 6.45) is 7.91. The Hall–Kier alpha value is -2.32. The number of nitriles is 1. The number of fused-ring (bicyclic) bond motifs is 1. The van der Waals surface area contributed by atoms with Crippen LogP contribution < -0.4 is 10.5 Å². The number of nitrogens with zero attached hydrogens (tertiary/aromatic N) is 2. The fourth-order valence-corrected chi connectivity index (χ4v) is 4.98. The van der Waals surface area contributed by atoms with E-state index in [0.29, 0.717) is 11.3 Å². The Morgan fingerprint density at radius 2 is 1.96 bits per heavy atom. The van der Waals surface area contributed by atoms with E-state index in [-0.39, 0.29) is 11.1 Å². The Morgan fingerprint density at radius 1 is 1.22 bits per heavy atom. The number of piperidine rings is 1. The molecule has 0 bridgehead atoms. The normalized spacial score (nSPS) is 22.4. The van der Waals surface area contributed by atoms with E-state index in [1.165, 1.54) is 19.3 Å². The van der Waals surface area contributed by atoms with Crippen molar-refractivity contribution in [3.8, 4) is 6.07 Å². The zero-order chi connectivity index (χ0) is 18.6. The first-order valence-electron chi connectivity index (χ1n) is 10.1. The average Bonchev–Trinajstić information content (AvgIpc) is 3.50. The molecule has 1 aliphatic heterocycles. The molecule has 0 amide bonds. The SMILES string of the molecule is N#Cc1c(N2CCC3(CCC3)CC2)c2cc(C(O)C3CC3)ccc2[nH]c1=O. The summed E-state index contributed by atoms with van der Waals surface area (Å²) in [4.78, 5) is 17.6. The van der Waals surface area contributed by atoms with Gasteiger partial charge in [0.15, 0.2) is 0 Å². The van der Waals surface area contributed by atoms with Crippen LogP contribution in [0, 0.1) is 22.7 Å². The van der Waals surface area contributed by atoms with Crippen LogP contribution in [0.15, 0.2) is 23.0 Å². The molecule has 1 unspecified atom stereocenters.